The Morgan fingerprint density at radius 2 is 1.88 bits per heavy atom. The second-order valence-corrected chi connectivity index (χ2v) is 6.52. The number of hydrogen-bond donors (Lipinski definition) is 1. The summed E-state index contributed by atoms with van der Waals surface area (Å²) in [7, 11) is 4.70. The molecule has 0 atom stereocenters. The summed E-state index contributed by atoms with van der Waals surface area (Å²) in [6.07, 6.45) is 1.17. The highest BCUT2D eigenvalue weighted by Crippen LogP contribution is 2.26. The molecule has 8 heteroatoms. The van der Waals surface area contributed by atoms with Gasteiger partial charge in [0.25, 0.3) is 0 Å². The van der Waals surface area contributed by atoms with Gasteiger partial charge in [-0.25, -0.2) is 9.59 Å². The molecule has 1 N–H and O–H groups in total. The van der Waals surface area contributed by atoms with E-state index in [0.717, 1.165) is 0 Å². The first-order valence-corrected chi connectivity index (χ1v) is 8.36. The number of urea groups is 1. The van der Waals surface area contributed by atoms with Crippen LogP contribution in [0.5, 0.6) is 0 Å². The number of nitrogens with zero attached hydrogens (tertiary/aromatic N) is 2. The average Bonchev–Trinajstić information content (AvgIpc) is 2.62. The molecule has 1 aliphatic heterocycles. The Hall–Kier alpha value is -2.28. The molecule has 0 bridgehead atoms. The van der Waals surface area contributed by atoms with Crippen LogP contribution in [0.3, 0.4) is 0 Å². The molecule has 0 aromatic heterocycles. The first-order chi connectivity index (χ1) is 11.8. The summed E-state index contributed by atoms with van der Waals surface area (Å²) in [6.45, 7) is 1.07. The maximum atomic E-state index is 12.5. The summed E-state index contributed by atoms with van der Waals surface area (Å²) in [6, 6.07) is 4.53. The van der Waals surface area contributed by atoms with Crippen LogP contribution in [0.15, 0.2) is 18.2 Å². The van der Waals surface area contributed by atoms with Gasteiger partial charge in [-0.1, -0.05) is 11.6 Å². The molecule has 1 aromatic rings. The van der Waals surface area contributed by atoms with Crippen molar-refractivity contribution in [3.05, 3.63) is 28.8 Å². The lowest BCUT2D eigenvalue weighted by molar-refractivity contribution is -0.121. The summed E-state index contributed by atoms with van der Waals surface area (Å²) in [5.74, 6) is -0.868. The van der Waals surface area contributed by atoms with Gasteiger partial charge in [-0.3, -0.25) is 4.79 Å². The monoisotopic (exact) mass is 367 g/mol. The number of amides is 3. The van der Waals surface area contributed by atoms with Gasteiger partial charge in [0.15, 0.2) is 0 Å². The molecule has 0 spiro atoms. The number of carbonyl (C=O) groups is 3. The standard InChI is InChI=1S/C17H22ClN3O4/c1-20(2)17(24)21-8-6-11(7-9-21)15(22)19-14-10-12(16(23)25-3)4-5-13(14)18/h4-5,10-11H,6-9H2,1-3H3,(H,19,22). The van der Waals surface area contributed by atoms with E-state index in [9.17, 15) is 14.4 Å². The second-order valence-electron chi connectivity index (χ2n) is 6.11. The van der Waals surface area contributed by atoms with Crippen LogP contribution in [0.2, 0.25) is 5.02 Å². The van der Waals surface area contributed by atoms with Gasteiger partial charge in [0.1, 0.15) is 0 Å². The zero-order chi connectivity index (χ0) is 18.6. The molecule has 1 heterocycles. The molecule has 1 aliphatic rings. The van der Waals surface area contributed by atoms with Crippen LogP contribution in [0.25, 0.3) is 0 Å². The first kappa shape index (κ1) is 19.1. The predicted molar refractivity (Wildman–Crippen MR) is 94.8 cm³/mol. The van der Waals surface area contributed by atoms with Gasteiger partial charge < -0.3 is 19.9 Å². The topological polar surface area (TPSA) is 79.0 Å². The molecule has 1 saturated heterocycles. The SMILES string of the molecule is COC(=O)c1ccc(Cl)c(NC(=O)C2CCN(C(=O)N(C)C)CC2)c1. The minimum atomic E-state index is -0.498. The summed E-state index contributed by atoms with van der Waals surface area (Å²) in [5, 5.41) is 3.12. The highest BCUT2D eigenvalue weighted by Gasteiger charge is 2.28. The molecule has 0 aliphatic carbocycles. The van der Waals surface area contributed by atoms with Crippen LogP contribution in [-0.2, 0) is 9.53 Å². The summed E-state index contributed by atoms with van der Waals surface area (Å²) < 4.78 is 4.67. The number of esters is 1. The van der Waals surface area contributed by atoms with Crippen molar-refractivity contribution in [1.82, 2.24) is 9.80 Å². The molecular formula is C17H22ClN3O4. The number of rotatable bonds is 3. The minimum absolute atomic E-state index is 0.0484. The third-order valence-electron chi connectivity index (χ3n) is 4.16. The Kier molecular flexibility index (Phi) is 6.25. The largest absolute Gasteiger partial charge is 0.465 e. The lowest BCUT2D eigenvalue weighted by Crippen LogP contribution is -2.45. The Labute approximate surface area is 151 Å². The molecular weight excluding hydrogens is 346 g/mol. The molecule has 0 radical (unpaired) electrons. The van der Waals surface area contributed by atoms with Gasteiger partial charge in [0.2, 0.25) is 5.91 Å². The Morgan fingerprint density at radius 1 is 1.24 bits per heavy atom. The third-order valence-corrected chi connectivity index (χ3v) is 4.49. The maximum absolute atomic E-state index is 12.5. The first-order valence-electron chi connectivity index (χ1n) is 7.98. The fourth-order valence-electron chi connectivity index (χ4n) is 2.72. The Morgan fingerprint density at radius 3 is 2.44 bits per heavy atom. The number of hydrogen-bond acceptors (Lipinski definition) is 4. The van der Waals surface area contributed by atoms with Gasteiger partial charge in [-0.05, 0) is 31.0 Å². The van der Waals surface area contributed by atoms with Crippen LogP contribution >= 0.6 is 11.6 Å². The van der Waals surface area contributed by atoms with E-state index < -0.39 is 5.97 Å². The smallest absolute Gasteiger partial charge is 0.337 e. The number of nitrogens with one attached hydrogen (secondary N) is 1. The minimum Gasteiger partial charge on any atom is -0.465 e. The van der Waals surface area contributed by atoms with E-state index in [2.05, 4.69) is 10.1 Å². The number of carbonyl (C=O) groups excluding carboxylic acids is 3. The molecule has 1 fully saturated rings. The van der Waals surface area contributed by atoms with E-state index >= 15 is 0 Å². The number of likely N-dealkylation sites (tertiary alicyclic amines) is 1. The zero-order valence-corrected chi connectivity index (χ0v) is 15.3. The van der Waals surface area contributed by atoms with Crippen molar-refractivity contribution >= 4 is 35.2 Å². The quantitative estimate of drug-likeness (QED) is 0.832. The van der Waals surface area contributed by atoms with Crippen molar-refractivity contribution in [2.45, 2.75) is 12.8 Å². The number of methoxy groups -OCH3 is 1. The van der Waals surface area contributed by atoms with E-state index in [-0.39, 0.29) is 17.9 Å². The molecule has 1 aromatic carbocycles. The van der Waals surface area contributed by atoms with Crippen LogP contribution < -0.4 is 5.32 Å². The molecule has 3 amide bonds. The van der Waals surface area contributed by atoms with Crippen LogP contribution in [-0.4, -0.2) is 62.0 Å². The van der Waals surface area contributed by atoms with E-state index in [1.54, 1.807) is 25.1 Å². The van der Waals surface area contributed by atoms with E-state index in [1.165, 1.54) is 24.1 Å². The van der Waals surface area contributed by atoms with Gasteiger partial charge >= 0.3 is 12.0 Å². The molecule has 0 saturated carbocycles. The fraction of sp³-hybridized carbons (Fsp3) is 0.471. The Balaban J connectivity index is 1.99. The number of piperidine rings is 1. The summed E-state index contributed by atoms with van der Waals surface area (Å²) >= 11 is 6.10. The third kappa shape index (κ3) is 4.63. The molecule has 0 unspecified atom stereocenters. The lowest BCUT2D eigenvalue weighted by Gasteiger charge is -2.33. The lowest BCUT2D eigenvalue weighted by atomic mass is 9.96. The van der Waals surface area contributed by atoms with E-state index in [4.69, 9.17) is 11.6 Å². The van der Waals surface area contributed by atoms with Crippen molar-refractivity contribution in [3.8, 4) is 0 Å². The maximum Gasteiger partial charge on any atom is 0.337 e. The molecule has 2 rings (SSSR count). The summed E-state index contributed by atoms with van der Waals surface area (Å²) in [5.41, 5.74) is 0.690. The van der Waals surface area contributed by atoms with Gasteiger partial charge in [-0.15, -0.1) is 0 Å². The zero-order valence-electron chi connectivity index (χ0n) is 14.5. The predicted octanol–water partition coefficient (Wildman–Crippen LogP) is 2.46. The number of anilines is 1. The van der Waals surface area contributed by atoms with Crippen LogP contribution in [0.1, 0.15) is 23.2 Å². The molecule has 7 nitrogen and oxygen atoms in total. The van der Waals surface area contributed by atoms with Crippen LogP contribution in [0.4, 0.5) is 10.5 Å². The van der Waals surface area contributed by atoms with Crippen molar-refractivity contribution < 1.29 is 19.1 Å². The normalized spacial score (nSPS) is 14.8. The highest BCUT2D eigenvalue weighted by molar-refractivity contribution is 6.33. The van der Waals surface area contributed by atoms with E-state index in [0.29, 0.717) is 42.2 Å². The van der Waals surface area contributed by atoms with Crippen molar-refractivity contribution in [2.24, 2.45) is 5.92 Å². The van der Waals surface area contributed by atoms with Gasteiger partial charge in [-0.2, -0.15) is 0 Å². The number of ether oxygens (including phenoxy) is 1. The van der Waals surface area contributed by atoms with Gasteiger partial charge in [0, 0.05) is 33.1 Å². The molecule has 25 heavy (non-hydrogen) atoms. The Bertz CT molecular complexity index is 670. The van der Waals surface area contributed by atoms with Crippen LogP contribution in [0, 0.1) is 5.92 Å². The van der Waals surface area contributed by atoms with Crippen molar-refractivity contribution in [1.29, 1.82) is 0 Å². The number of halogens is 1. The van der Waals surface area contributed by atoms with E-state index in [1.807, 2.05) is 0 Å². The molecule has 136 valence electrons. The summed E-state index contributed by atoms with van der Waals surface area (Å²) in [4.78, 5) is 39.3. The van der Waals surface area contributed by atoms with Gasteiger partial charge in [0.05, 0.1) is 23.4 Å². The second kappa shape index (κ2) is 8.20. The fourth-order valence-corrected chi connectivity index (χ4v) is 2.88. The highest BCUT2D eigenvalue weighted by atomic mass is 35.5. The van der Waals surface area contributed by atoms with Crippen molar-refractivity contribution in [3.63, 3.8) is 0 Å². The average molecular weight is 368 g/mol. The number of benzene rings is 1. The van der Waals surface area contributed by atoms with Crippen molar-refractivity contribution in [2.75, 3.05) is 39.6 Å².